The van der Waals surface area contributed by atoms with Crippen LogP contribution in [0, 0.1) is 11.3 Å². The quantitative estimate of drug-likeness (QED) is 0.728. The number of Topliss-reactive ketones (excluding diaryl/α,β-unsaturated/α-hetero) is 1. The molecule has 0 radical (unpaired) electrons. The summed E-state index contributed by atoms with van der Waals surface area (Å²) in [5, 5.41) is 8.58. The number of rotatable bonds is 2. The van der Waals surface area contributed by atoms with Crippen molar-refractivity contribution >= 4 is 5.78 Å². The number of ketones is 1. The topological polar surface area (TPSA) is 40.9 Å². The standard InChI is InChI=1S/C11H8F3NO/c1-2-10(16)8-3-7(6-15)4-9(5-8)11(12,13)14/h3-5H,2H2,1H3. The number of nitrogens with zero attached hydrogens (tertiary/aromatic N) is 1. The first kappa shape index (κ1) is 12.2. The van der Waals surface area contributed by atoms with E-state index in [9.17, 15) is 18.0 Å². The lowest BCUT2D eigenvalue weighted by molar-refractivity contribution is -0.137. The van der Waals surface area contributed by atoms with Crippen LogP contribution in [0.4, 0.5) is 13.2 Å². The van der Waals surface area contributed by atoms with Crippen molar-refractivity contribution in [2.24, 2.45) is 0 Å². The van der Waals surface area contributed by atoms with Gasteiger partial charge in [-0.05, 0) is 18.2 Å². The molecule has 0 saturated heterocycles. The van der Waals surface area contributed by atoms with Gasteiger partial charge in [-0.25, -0.2) is 0 Å². The third-order valence-electron chi connectivity index (χ3n) is 2.03. The van der Waals surface area contributed by atoms with Gasteiger partial charge in [0.05, 0.1) is 17.2 Å². The minimum Gasteiger partial charge on any atom is -0.294 e. The SMILES string of the molecule is CCC(=O)c1cc(C#N)cc(C(F)(F)F)c1. The third-order valence-corrected chi connectivity index (χ3v) is 2.03. The molecule has 16 heavy (non-hydrogen) atoms. The van der Waals surface area contributed by atoms with E-state index in [2.05, 4.69) is 0 Å². The Labute approximate surface area is 90.3 Å². The molecule has 84 valence electrons. The summed E-state index contributed by atoms with van der Waals surface area (Å²) in [6, 6.07) is 4.27. The highest BCUT2D eigenvalue weighted by Gasteiger charge is 2.31. The van der Waals surface area contributed by atoms with Gasteiger partial charge >= 0.3 is 6.18 Å². The van der Waals surface area contributed by atoms with Crippen LogP contribution in [0.25, 0.3) is 0 Å². The second kappa shape index (κ2) is 4.35. The molecule has 0 fully saturated rings. The number of nitriles is 1. The van der Waals surface area contributed by atoms with Gasteiger partial charge in [0.15, 0.2) is 5.78 Å². The summed E-state index contributed by atoms with van der Waals surface area (Å²) in [5.74, 6) is -0.414. The van der Waals surface area contributed by atoms with Crippen molar-refractivity contribution in [1.82, 2.24) is 0 Å². The van der Waals surface area contributed by atoms with Crippen LogP contribution in [0.1, 0.15) is 34.8 Å². The van der Waals surface area contributed by atoms with Crippen molar-refractivity contribution < 1.29 is 18.0 Å². The van der Waals surface area contributed by atoms with E-state index >= 15 is 0 Å². The Morgan fingerprint density at radius 3 is 2.44 bits per heavy atom. The molecule has 1 aromatic rings. The Balaban J connectivity index is 3.34. The molecule has 0 saturated carbocycles. The van der Waals surface area contributed by atoms with Gasteiger partial charge in [-0.15, -0.1) is 0 Å². The Hall–Kier alpha value is -1.83. The van der Waals surface area contributed by atoms with Crippen molar-refractivity contribution in [3.8, 4) is 6.07 Å². The van der Waals surface area contributed by atoms with E-state index in [4.69, 9.17) is 5.26 Å². The molecule has 2 nitrogen and oxygen atoms in total. The minimum absolute atomic E-state index is 0.0751. The second-order valence-electron chi connectivity index (χ2n) is 3.19. The highest BCUT2D eigenvalue weighted by Crippen LogP contribution is 2.30. The molecule has 1 aromatic carbocycles. The molecule has 0 bridgehead atoms. The first-order valence-corrected chi connectivity index (χ1v) is 4.54. The fraction of sp³-hybridized carbons (Fsp3) is 0.273. The van der Waals surface area contributed by atoms with Gasteiger partial charge in [0, 0.05) is 12.0 Å². The zero-order valence-corrected chi connectivity index (χ0v) is 8.43. The van der Waals surface area contributed by atoms with Crippen molar-refractivity contribution in [2.75, 3.05) is 0 Å². The summed E-state index contributed by atoms with van der Waals surface area (Å²) in [6.45, 7) is 1.55. The predicted octanol–water partition coefficient (Wildman–Crippen LogP) is 3.17. The van der Waals surface area contributed by atoms with Crippen LogP contribution < -0.4 is 0 Å². The Morgan fingerprint density at radius 2 is 2.00 bits per heavy atom. The van der Waals surface area contributed by atoms with Crippen LogP contribution in [-0.4, -0.2) is 5.78 Å². The maximum atomic E-state index is 12.4. The predicted molar refractivity (Wildman–Crippen MR) is 50.8 cm³/mol. The normalized spacial score (nSPS) is 10.9. The van der Waals surface area contributed by atoms with Gasteiger partial charge in [0.1, 0.15) is 0 Å². The zero-order chi connectivity index (χ0) is 12.3. The van der Waals surface area contributed by atoms with E-state index in [1.54, 1.807) is 13.0 Å². The average Bonchev–Trinajstić information content (AvgIpc) is 2.26. The first-order valence-electron chi connectivity index (χ1n) is 4.54. The van der Waals surface area contributed by atoms with Gasteiger partial charge in [-0.2, -0.15) is 18.4 Å². The van der Waals surface area contributed by atoms with Crippen molar-refractivity contribution in [3.05, 3.63) is 34.9 Å². The Morgan fingerprint density at radius 1 is 1.38 bits per heavy atom. The average molecular weight is 227 g/mol. The molecular formula is C11H8F3NO. The fourth-order valence-electron chi connectivity index (χ4n) is 1.22. The first-order chi connectivity index (χ1) is 7.38. The summed E-state index contributed by atoms with van der Waals surface area (Å²) < 4.78 is 37.3. The van der Waals surface area contributed by atoms with Crippen LogP contribution in [-0.2, 0) is 6.18 Å². The van der Waals surface area contributed by atoms with E-state index in [0.29, 0.717) is 0 Å². The van der Waals surface area contributed by atoms with Crippen LogP contribution >= 0.6 is 0 Å². The van der Waals surface area contributed by atoms with Crippen molar-refractivity contribution in [3.63, 3.8) is 0 Å². The van der Waals surface area contributed by atoms with Gasteiger partial charge in [0.25, 0.3) is 0 Å². The number of hydrogen-bond donors (Lipinski definition) is 0. The Kier molecular flexibility index (Phi) is 3.33. The number of benzene rings is 1. The van der Waals surface area contributed by atoms with Crippen LogP contribution in [0.3, 0.4) is 0 Å². The van der Waals surface area contributed by atoms with Gasteiger partial charge < -0.3 is 0 Å². The van der Waals surface area contributed by atoms with E-state index < -0.39 is 17.5 Å². The van der Waals surface area contributed by atoms with Crippen LogP contribution in [0.2, 0.25) is 0 Å². The smallest absolute Gasteiger partial charge is 0.294 e. The minimum atomic E-state index is -4.55. The highest BCUT2D eigenvalue weighted by atomic mass is 19.4. The molecule has 0 aliphatic heterocycles. The molecule has 0 aromatic heterocycles. The summed E-state index contributed by atoms with van der Waals surface area (Å²) >= 11 is 0. The van der Waals surface area contributed by atoms with Crippen molar-refractivity contribution in [2.45, 2.75) is 19.5 Å². The van der Waals surface area contributed by atoms with Crippen molar-refractivity contribution in [1.29, 1.82) is 5.26 Å². The number of carbonyl (C=O) groups is 1. The molecule has 0 aliphatic carbocycles. The lowest BCUT2D eigenvalue weighted by Crippen LogP contribution is -2.08. The van der Waals surface area contributed by atoms with Gasteiger partial charge in [-0.3, -0.25) is 4.79 Å². The summed E-state index contributed by atoms with van der Waals surface area (Å²) in [4.78, 5) is 11.3. The number of alkyl halides is 3. The molecule has 1 rings (SSSR count). The highest BCUT2D eigenvalue weighted by molar-refractivity contribution is 5.96. The zero-order valence-electron chi connectivity index (χ0n) is 8.43. The maximum Gasteiger partial charge on any atom is 0.416 e. The maximum absolute atomic E-state index is 12.4. The molecular weight excluding hydrogens is 219 g/mol. The number of carbonyl (C=O) groups excluding carboxylic acids is 1. The van der Waals surface area contributed by atoms with E-state index in [-0.39, 0.29) is 17.5 Å². The van der Waals surface area contributed by atoms with E-state index in [1.807, 2.05) is 0 Å². The lowest BCUT2D eigenvalue weighted by Gasteiger charge is -2.08. The molecule has 0 aliphatic rings. The molecule has 0 atom stereocenters. The molecule has 5 heteroatoms. The fourth-order valence-corrected chi connectivity index (χ4v) is 1.22. The molecule has 0 unspecified atom stereocenters. The molecule has 0 heterocycles. The molecule has 0 spiro atoms. The molecule has 0 N–H and O–H groups in total. The van der Waals surface area contributed by atoms with Crippen LogP contribution in [0.15, 0.2) is 18.2 Å². The molecule has 0 amide bonds. The number of halogens is 3. The summed E-state index contributed by atoms with van der Waals surface area (Å²) in [7, 11) is 0. The second-order valence-corrected chi connectivity index (χ2v) is 3.19. The Bertz CT molecular complexity index is 457. The van der Waals surface area contributed by atoms with Gasteiger partial charge in [-0.1, -0.05) is 6.92 Å². The van der Waals surface area contributed by atoms with Gasteiger partial charge in [0.2, 0.25) is 0 Å². The summed E-state index contributed by atoms with van der Waals surface area (Å²) in [5.41, 5.74) is -1.20. The van der Waals surface area contributed by atoms with Crippen LogP contribution in [0.5, 0.6) is 0 Å². The van der Waals surface area contributed by atoms with E-state index in [1.165, 1.54) is 6.07 Å². The van der Waals surface area contributed by atoms with E-state index in [0.717, 1.165) is 12.1 Å². The summed E-state index contributed by atoms with van der Waals surface area (Å²) in [6.07, 6.45) is -4.44. The third kappa shape index (κ3) is 2.60. The monoisotopic (exact) mass is 227 g/mol. The largest absolute Gasteiger partial charge is 0.416 e. The lowest BCUT2D eigenvalue weighted by atomic mass is 10.0. The number of hydrogen-bond acceptors (Lipinski definition) is 2.